The van der Waals surface area contributed by atoms with E-state index >= 15 is 0 Å². The smallest absolute Gasteiger partial charge is 0.337 e. The lowest BCUT2D eigenvalue weighted by Gasteiger charge is -2.29. The lowest BCUT2D eigenvalue weighted by molar-refractivity contribution is 0.0601. The van der Waals surface area contributed by atoms with Gasteiger partial charge in [0.2, 0.25) is 0 Å². The molecule has 2 rings (SSSR count). The summed E-state index contributed by atoms with van der Waals surface area (Å²) < 4.78 is 4.78. The quantitative estimate of drug-likeness (QED) is 0.838. The van der Waals surface area contributed by atoms with Crippen LogP contribution in [-0.2, 0) is 4.74 Å². The lowest BCUT2D eigenvalue weighted by Crippen LogP contribution is -2.26. The molecule has 1 aromatic carbocycles. The van der Waals surface area contributed by atoms with Crippen molar-refractivity contribution in [3.8, 4) is 0 Å². The highest BCUT2D eigenvalue weighted by molar-refractivity contribution is 5.90. The van der Waals surface area contributed by atoms with Gasteiger partial charge in [-0.15, -0.1) is 0 Å². The first-order valence-corrected chi connectivity index (χ1v) is 7.59. The van der Waals surface area contributed by atoms with Crippen molar-refractivity contribution in [2.45, 2.75) is 52.0 Å². The molecule has 3 nitrogen and oxygen atoms in total. The molecule has 1 N–H and O–H groups in total. The van der Waals surface area contributed by atoms with Crippen molar-refractivity contribution in [1.29, 1.82) is 0 Å². The predicted octanol–water partition coefficient (Wildman–Crippen LogP) is 4.16. The molecule has 1 fully saturated rings. The van der Waals surface area contributed by atoms with Gasteiger partial charge < -0.3 is 10.1 Å². The van der Waals surface area contributed by atoms with Gasteiger partial charge in [0.1, 0.15) is 0 Å². The van der Waals surface area contributed by atoms with E-state index in [9.17, 15) is 4.79 Å². The molecule has 110 valence electrons. The molecule has 0 unspecified atom stereocenters. The van der Waals surface area contributed by atoms with Crippen molar-refractivity contribution in [3.63, 3.8) is 0 Å². The maximum Gasteiger partial charge on any atom is 0.337 e. The summed E-state index contributed by atoms with van der Waals surface area (Å²) in [5, 5.41) is 3.61. The monoisotopic (exact) mass is 275 g/mol. The van der Waals surface area contributed by atoms with E-state index in [1.165, 1.54) is 44.8 Å². The Bertz CT molecular complexity index is 462. The summed E-state index contributed by atoms with van der Waals surface area (Å²) in [6.45, 7) is 4.35. The van der Waals surface area contributed by atoms with Crippen molar-refractivity contribution in [2.75, 3.05) is 12.4 Å². The van der Waals surface area contributed by atoms with Gasteiger partial charge in [-0.25, -0.2) is 4.79 Å². The number of hydrogen-bond acceptors (Lipinski definition) is 3. The number of carbonyl (C=O) groups is 1. The molecular weight excluding hydrogens is 250 g/mol. The molecule has 20 heavy (non-hydrogen) atoms. The van der Waals surface area contributed by atoms with Crippen molar-refractivity contribution >= 4 is 11.7 Å². The number of carbonyl (C=O) groups excluding carboxylic acids is 1. The third-order valence-electron chi connectivity index (χ3n) is 4.44. The highest BCUT2D eigenvalue weighted by atomic mass is 16.5. The fourth-order valence-corrected chi connectivity index (χ4v) is 2.96. The van der Waals surface area contributed by atoms with Crippen LogP contribution in [0.1, 0.15) is 54.9 Å². The molecule has 1 aromatic rings. The molecule has 0 bridgehead atoms. The van der Waals surface area contributed by atoms with Crippen LogP contribution in [0.2, 0.25) is 0 Å². The first-order chi connectivity index (χ1) is 9.63. The van der Waals surface area contributed by atoms with Crippen LogP contribution in [0.5, 0.6) is 0 Å². The third-order valence-corrected chi connectivity index (χ3v) is 4.44. The maximum absolute atomic E-state index is 11.6. The highest BCUT2D eigenvalue weighted by Crippen LogP contribution is 2.29. The summed E-state index contributed by atoms with van der Waals surface area (Å²) in [7, 11) is 1.42. The highest BCUT2D eigenvalue weighted by Gasteiger charge is 2.20. The molecule has 1 saturated carbocycles. The molecule has 0 heterocycles. The van der Waals surface area contributed by atoms with Gasteiger partial charge in [-0.05, 0) is 56.2 Å². The Labute approximate surface area is 121 Å². The minimum atomic E-state index is -0.275. The zero-order chi connectivity index (χ0) is 14.5. The van der Waals surface area contributed by atoms with E-state index in [4.69, 9.17) is 4.74 Å². The average Bonchev–Trinajstić information content (AvgIpc) is 2.49. The van der Waals surface area contributed by atoms with Crippen LogP contribution in [0.15, 0.2) is 18.2 Å². The van der Waals surface area contributed by atoms with E-state index in [1.54, 1.807) is 0 Å². The third kappa shape index (κ3) is 3.53. The van der Waals surface area contributed by atoms with Crippen LogP contribution in [-0.4, -0.2) is 19.1 Å². The van der Waals surface area contributed by atoms with Crippen molar-refractivity contribution in [1.82, 2.24) is 0 Å². The van der Waals surface area contributed by atoms with Gasteiger partial charge in [-0.2, -0.15) is 0 Å². The van der Waals surface area contributed by atoms with Gasteiger partial charge in [0.25, 0.3) is 0 Å². The summed E-state index contributed by atoms with van der Waals surface area (Å²) in [4.78, 5) is 11.6. The summed E-state index contributed by atoms with van der Waals surface area (Å²) >= 11 is 0. The second kappa shape index (κ2) is 6.78. The standard InChI is InChI=1S/C17H25NO2/c1-4-13-6-9-15(10-7-13)18-16-11-14(17(19)20-3)8-5-12(16)2/h5,8,11,13,15,18H,4,6-7,9-10H2,1-3H3. The van der Waals surface area contributed by atoms with Crippen molar-refractivity contribution in [2.24, 2.45) is 5.92 Å². The average molecular weight is 275 g/mol. The van der Waals surface area contributed by atoms with E-state index in [0.29, 0.717) is 11.6 Å². The Morgan fingerprint density at radius 1 is 1.30 bits per heavy atom. The first kappa shape index (κ1) is 14.9. The molecule has 1 aliphatic carbocycles. The molecule has 0 atom stereocenters. The second-order valence-corrected chi connectivity index (χ2v) is 5.79. The number of aryl methyl sites for hydroxylation is 1. The Hall–Kier alpha value is -1.51. The van der Waals surface area contributed by atoms with Crippen LogP contribution in [0.25, 0.3) is 0 Å². The largest absolute Gasteiger partial charge is 0.465 e. The Morgan fingerprint density at radius 2 is 2.00 bits per heavy atom. The van der Waals surface area contributed by atoms with E-state index in [1.807, 2.05) is 18.2 Å². The summed E-state index contributed by atoms with van der Waals surface area (Å²) in [6, 6.07) is 6.24. The second-order valence-electron chi connectivity index (χ2n) is 5.79. The van der Waals surface area contributed by atoms with Gasteiger partial charge in [0.05, 0.1) is 12.7 Å². The first-order valence-electron chi connectivity index (χ1n) is 7.59. The number of anilines is 1. The van der Waals surface area contributed by atoms with E-state index in [0.717, 1.165) is 11.6 Å². The van der Waals surface area contributed by atoms with Crippen LogP contribution in [0.4, 0.5) is 5.69 Å². The molecule has 0 amide bonds. The van der Waals surface area contributed by atoms with Crippen LogP contribution in [0.3, 0.4) is 0 Å². The lowest BCUT2D eigenvalue weighted by atomic mass is 9.84. The van der Waals surface area contributed by atoms with Crippen LogP contribution in [0, 0.1) is 12.8 Å². The number of methoxy groups -OCH3 is 1. The fraction of sp³-hybridized carbons (Fsp3) is 0.588. The number of rotatable bonds is 4. The zero-order valence-corrected chi connectivity index (χ0v) is 12.7. The number of esters is 1. The molecular formula is C17H25NO2. The molecule has 1 aliphatic rings. The van der Waals surface area contributed by atoms with Crippen molar-refractivity contribution < 1.29 is 9.53 Å². The van der Waals surface area contributed by atoms with Crippen LogP contribution >= 0.6 is 0 Å². The Balaban J connectivity index is 2.03. The molecule has 0 aromatic heterocycles. The Kier molecular flexibility index (Phi) is 5.05. The summed E-state index contributed by atoms with van der Waals surface area (Å²) in [6.07, 6.45) is 6.36. The van der Waals surface area contributed by atoms with Gasteiger partial charge in [0.15, 0.2) is 0 Å². The SMILES string of the molecule is CCC1CCC(Nc2cc(C(=O)OC)ccc2C)CC1. The van der Waals surface area contributed by atoms with Gasteiger partial charge in [0, 0.05) is 11.7 Å². The van der Waals surface area contributed by atoms with Gasteiger partial charge in [-0.3, -0.25) is 0 Å². The molecule has 0 saturated heterocycles. The normalized spacial score (nSPS) is 22.4. The minimum Gasteiger partial charge on any atom is -0.465 e. The summed E-state index contributed by atoms with van der Waals surface area (Å²) in [5.74, 6) is 0.623. The Morgan fingerprint density at radius 3 is 2.60 bits per heavy atom. The topological polar surface area (TPSA) is 38.3 Å². The minimum absolute atomic E-state index is 0.275. The van der Waals surface area contributed by atoms with Gasteiger partial charge >= 0.3 is 5.97 Å². The molecule has 3 heteroatoms. The van der Waals surface area contributed by atoms with E-state index in [-0.39, 0.29) is 5.97 Å². The zero-order valence-electron chi connectivity index (χ0n) is 12.7. The predicted molar refractivity (Wildman–Crippen MR) is 82.2 cm³/mol. The number of hydrogen-bond donors (Lipinski definition) is 1. The van der Waals surface area contributed by atoms with E-state index in [2.05, 4.69) is 19.2 Å². The molecule has 0 radical (unpaired) electrons. The number of benzene rings is 1. The molecule has 0 spiro atoms. The van der Waals surface area contributed by atoms with E-state index < -0.39 is 0 Å². The van der Waals surface area contributed by atoms with Gasteiger partial charge in [-0.1, -0.05) is 19.4 Å². The van der Waals surface area contributed by atoms with Crippen molar-refractivity contribution in [3.05, 3.63) is 29.3 Å². The number of ether oxygens (including phenoxy) is 1. The number of nitrogens with one attached hydrogen (secondary N) is 1. The summed E-state index contributed by atoms with van der Waals surface area (Å²) in [5.41, 5.74) is 2.85. The molecule has 0 aliphatic heterocycles. The van der Waals surface area contributed by atoms with Crippen LogP contribution < -0.4 is 5.32 Å². The fourth-order valence-electron chi connectivity index (χ4n) is 2.96. The maximum atomic E-state index is 11.6.